The Morgan fingerprint density at radius 1 is 1.00 bits per heavy atom. The Morgan fingerprint density at radius 2 is 1.63 bits per heavy atom. The number of methoxy groups -OCH3 is 2. The van der Waals surface area contributed by atoms with E-state index in [0.717, 1.165) is 24.8 Å². The van der Waals surface area contributed by atoms with Crippen molar-refractivity contribution in [3.8, 4) is 0 Å². The molecule has 5 heteroatoms. The minimum atomic E-state index is -0.226. The largest absolute Gasteiger partial charge is 0.445 e. The maximum absolute atomic E-state index is 12.5. The molecule has 0 radical (unpaired) electrons. The summed E-state index contributed by atoms with van der Waals surface area (Å²) in [6.07, 6.45) is 2.59. The normalized spacial score (nSPS) is 16.8. The van der Waals surface area contributed by atoms with Crippen LogP contribution >= 0.6 is 0 Å². The third-order valence-corrected chi connectivity index (χ3v) is 6.01. The molecule has 1 aliphatic heterocycles. The van der Waals surface area contributed by atoms with Gasteiger partial charge in [-0.2, -0.15) is 0 Å². The molecule has 0 spiro atoms. The van der Waals surface area contributed by atoms with Crippen LogP contribution in [0.1, 0.15) is 36.3 Å². The van der Waals surface area contributed by atoms with Crippen LogP contribution in [0.5, 0.6) is 0 Å². The van der Waals surface area contributed by atoms with Crippen molar-refractivity contribution in [1.82, 2.24) is 4.90 Å². The van der Waals surface area contributed by atoms with Crippen LogP contribution in [0, 0.1) is 5.92 Å². The molecule has 1 heterocycles. The number of rotatable bonds is 9. The Bertz CT molecular complexity index is 744. The smallest absolute Gasteiger partial charge is 0.410 e. The predicted molar refractivity (Wildman–Crippen MR) is 117 cm³/mol. The number of hydrogen-bond donors (Lipinski definition) is 0. The first-order valence-electron chi connectivity index (χ1n) is 10.7. The molecule has 1 saturated heterocycles. The van der Waals surface area contributed by atoms with E-state index in [-0.39, 0.29) is 18.1 Å². The second-order valence-corrected chi connectivity index (χ2v) is 7.86. The van der Waals surface area contributed by atoms with E-state index in [0.29, 0.717) is 32.2 Å². The molecule has 2 aromatic carbocycles. The molecule has 0 saturated carbocycles. The van der Waals surface area contributed by atoms with Crippen molar-refractivity contribution in [1.29, 1.82) is 0 Å². The molecule has 1 fully saturated rings. The fraction of sp³-hybridized carbons (Fsp3) is 0.480. The molecule has 2 unspecified atom stereocenters. The van der Waals surface area contributed by atoms with E-state index in [1.165, 1.54) is 5.56 Å². The van der Waals surface area contributed by atoms with Gasteiger partial charge in [0.1, 0.15) is 6.61 Å². The molecule has 30 heavy (non-hydrogen) atoms. The number of hydrogen-bond acceptors (Lipinski definition) is 4. The van der Waals surface area contributed by atoms with Gasteiger partial charge in [-0.05, 0) is 36.3 Å². The van der Waals surface area contributed by atoms with E-state index < -0.39 is 0 Å². The number of benzene rings is 2. The monoisotopic (exact) mass is 411 g/mol. The number of piperidine rings is 1. The minimum Gasteiger partial charge on any atom is -0.445 e. The van der Waals surface area contributed by atoms with Crippen LogP contribution < -0.4 is 0 Å². The predicted octanol–water partition coefficient (Wildman–Crippen LogP) is 4.87. The van der Waals surface area contributed by atoms with Crippen molar-refractivity contribution >= 4 is 6.09 Å². The standard InChI is InChI=1S/C25H33NO4/c1-28-18-15-23(29-2)24(21-11-7-4-8-12-21)22-13-16-26(17-14-22)25(27)30-19-20-9-5-3-6-10-20/h3-12,22-24H,13-19H2,1-2H3. The molecule has 2 aromatic rings. The zero-order chi connectivity index (χ0) is 21.2. The average Bonchev–Trinajstić information content (AvgIpc) is 2.81. The molecular weight excluding hydrogens is 378 g/mol. The van der Waals surface area contributed by atoms with Crippen LogP contribution in [-0.2, 0) is 20.8 Å². The molecule has 1 amide bonds. The summed E-state index contributed by atoms with van der Waals surface area (Å²) in [5.41, 5.74) is 2.30. The summed E-state index contributed by atoms with van der Waals surface area (Å²) in [6, 6.07) is 20.4. The van der Waals surface area contributed by atoms with Gasteiger partial charge >= 0.3 is 6.09 Å². The summed E-state index contributed by atoms with van der Waals surface area (Å²) in [4.78, 5) is 14.3. The molecule has 0 bridgehead atoms. The van der Waals surface area contributed by atoms with Crippen molar-refractivity contribution in [2.24, 2.45) is 5.92 Å². The lowest BCUT2D eigenvalue weighted by Crippen LogP contribution is -2.42. The molecule has 2 atom stereocenters. The van der Waals surface area contributed by atoms with Crippen molar-refractivity contribution in [2.75, 3.05) is 33.9 Å². The van der Waals surface area contributed by atoms with Crippen LogP contribution in [0.2, 0.25) is 0 Å². The molecule has 0 N–H and O–H groups in total. The first-order valence-corrected chi connectivity index (χ1v) is 10.7. The number of ether oxygens (including phenoxy) is 3. The molecule has 0 aromatic heterocycles. The molecule has 5 nitrogen and oxygen atoms in total. The van der Waals surface area contributed by atoms with Gasteiger partial charge in [-0.3, -0.25) is 0 Å². The topological polar surface area (TPSA) is 48.0 Å². The summed E-state index contributed by atoms with van der Waals surface area (Å²) in [7, 11) is 3.51. The van der Waals surface area contributed by atoms with Crippen molar-refractivity contribution < 1.29 is 19.0 Å². The first-order chi connectivity index (χ1) is 14.7. The lowest BCUT2D eigenvalue weighted by molar-refractivity contribution is 0.0189. The van der Waals surface area contributed by atoms with Gasteiger partial charge in [0.15, 0.2) is 0 Å². The van der Waals surface area contributed by atoms with Crippen LogP contribution in [0.4, 0.5) is 4.79 Å². The SMILES string of the molecule is COCCC(OC)C(c1ccccc1)C1CCN(C(=O)OCc2ccccc2)CC1. The number of carbonyl (C=O) groups excluding carboxylic acids is 1. The van der Waals surface area contributed by atoms with Gasteiger partial charge in [-0.15, -0.1) is 0 Å². The number of likely N-dealkylation sites (tertiary alicyclic amines) is 1. The van der Waals surface area contributed by atoms with Gasteiger partial charge in [0.2, 0.25) is 0 Å². The van der Waals surface area contributed by atoms with Gasteiger partial charge in [0.25, 0.3) is 0 Å². The van der Waals surface area contributed by atoms with Crippen LogP contribution in [0.25, 0.3) is 0 Å². The van der Waals surface area contributed by atoms with Gasteiger partial charge in [0, 0.05) is 39.8 Å². The van der Waals surface area contributed by atoms with Gasteiger partial charge in [-0.25, -0.2) is 4.79 Å². The highest BCUT2D eigenvalue weighted by molar-refractivity contribution is 5.67. The van der Waals surface area contributed by atoms with E-state index >= 15 is 0 Å². The third-order valence-electron chi connectivity index (χ3n) is 6.01. The summed E-state index contributed by atoms with van der Waals surface area (Å²) in [5.74, 6) is 0.737. The summed E-state index contributed by atoms with van der Waals surface area (Å²) < 4.78 is 16.7. The Kier molecular flexibility index (Phi) is 8.72. The molecule has 1 aliphatic rings. The third kappa shape index (κ3) is 6.07. The summed E-state index contributed by atoms with van der Waals surface area (Å²) in [5, 5.41) is 0. The average molecular weight is 412 g/mol. The second kappa shape index (κ2) is 11.7. The van der Waals surface area contributed by atoms with E-state index in [2.05, 4.69) is 24.3 Å². The van der Waals surface area contributed by atoms with Gasteiger partial charge in [0.05, 0.1) is 6.10 Å². The van der Waals surface area contributed by atoms with Crippen molar-refractivity contribution in [3.63, 3.8) is 0 Å². The quantitative estimate of drug-likeness (QED) is 0.591. The Morgan fingerprint density at radius 3 is 2.23 bits per heavy atom. The second-order valence-electron chi connectivity index (χ2n) is 7.86. The molecule has 3 rings (SSSR count). The van der Waals surface area contributed by atoms with Crippen LogP contribution in [0.3, 0.4) is 0 Å². The summed E-state index contributed by atoms with van der Waals surface area (Å²) in [6.45, 7) is 2.41. The number of carbonyl (C=O) groups is 1. The van der Waals surface area contributed by atoms with Crippen LogP contribution in [-0.4, -0.2) is 51.0 Å². The fourth-order valence-corrected chi connectivity index (χ4v) is 4.40. The van der Waals surface area contributed by atoms with E-state index in [1.807, 2.05) is 41.3 Å². The highest BCUT2D eigenvalue weighted by Gasteiger charge is 2.34. The maximum atomic E-state index is 12.5. The molecule has 162 valence electrons. The summed E-state index contributed by atoms with van der Waals surface area (Å²) >= 11 is 0. The van der Waals surface area contributed by atoms with E-state index in [1.54, 1.807) is 14.2 Å². The number of amides is 1. The maximum Gasteiger partial charge on any atom is 0.410 e. The molecular formula is C25H33NO4. The lowest BCUT2D eigenvalue weighted by Gasteiger charge is -2.39. The van der Waals surface area contributed by atoms with Gasteiger partial charge in [-0.1, -0.05) is 60.7 Å². The van der Waals surface area contributed by atoms with Gasteiger partial charge < -0.3 is 19.1 Å². The lowest BCUT2D eigenvalue weighted by atomic mass is 9.76. The van der Waals surface area contributed by atoms with Crippen molar-refractivity contribution in [3.05, 3.63) is 71.8 Å². The molecule has 0 aliphatic carbocycles. The highest BCUT2D eigenvalue weighted by atomic mass is 16.6. The Hall–Kier alpha value is -2.37. The minimum absolute atomic E-state index is 0.0916. The van der Waals surface area contributed by atoms with Crippen LogP contribution in [0.15, 0.2) is 60.7 Å². The van der Waals surface area contributed by atoms with E-state index in [4.69, 9.17) is 14.2 Å². The van der Waals surface area contributed by atoms with Crippen molar-refractivity contribution in [2.45, 2.75) is 37.9 Å². The first kappa shape index (κ1) is 22.3. The highest BCUT2D eigenvalue weighted by Crippen LogP contribution is 2.37. The zero-order valence-electron chi connectivity index (χ0n) is 18.0. The fourth-order valence-electron chi connectivity index (χ4n) is 4.40. The Balaban J connectivity index is 1.60. The number of nitrogens with zero attached hydrogens (tertiary/aromatic N) is 1. The zero-order valence-corrected chi connectivity index (χ0v) is 18.0. The van der Waals surface area contributed by atoms with E-state index in [9.17, 15) is 4.79 Å². The Labute approximate surface area is 179 Å².